The van der Waals surface area contributed by atoms with Crippen LogP contribution in [0.25, 0.3) is 0 Å². The highest BCUT2D eigenvalue weighted by Gasteiger charge is 2.21. The van der Waals surface area contributed by atoms with Crippen LogP contribution in [0.5, 0.6) is 0 Å². The van der Waals surface area contributed by atoms with Crippen molar-refractivity contribution in [2.75, 3.05) is 13.7 Å². The number of aromatic nitrogens is 3. The zero-order valence-electron chi connectivity index (χ0n) is 12.6. The van der Waals surface area contributed by atoms with Crippen molar-refractivity contribution >= 4 is 17.2 Å². The maximum atomic E-state index is 12.4. The predicted molar refractivity (Wildman–Crippen MR) is 84.0 cm³/mol. The van der Waals surface area contributed by atoms with Crippen LogP contribution in [0.4, 0.5) is 0 Å². The summed E-state index contributed by atoms with van der Waals surface area (Å²) in [6.45, 7) is 1.25. The molecule has 7 heteroatoms. The van der Waals surface area contributed by atoms with Gasteiger partial charge in [0, 0.05) is 31.5 Å². The van der Waals surface area contributed by atoms with E-state index in [4.69, 9.17) is 4.74 Å². The summed E-state index contributed by atoms with van der Waals surface area (Å²) in [6, 6.07) is 3.99. The fraction of sp³-hybridized carbons (Fsp3) is 0.533. The van der Waals surface area contributed by atoms with Crippen LogP contribution in [0.2, 0.25) is 0 Å². The van der Waals surface area contributed by atoms with Gasteiger partial charge in [-0.3, -0.25) is 4.79 Å². The summed E-state index contributed by atoms with van der Waals surface area (Å²) in [5, 5.41) is 13.1. The molecule has 1 amide bonds. The van der Waals surface area contributed by atoms with E-state index in [9.17, 15) is 4.79 Å². The van der Waals surface area contributed by atoms with Gasteiger partial charge < -0.3 is 14.6 Å². The summed E-state index contributed by atoms with van der Waals surface area (Å²) in [5.74, 6) is 1.15. The first kappa shape index (κ1) is 15.2. The molecule has 0 fully saturated rings. The van der Waals surface area contributed by atoms with Gasteiger partial charge in [-0.2, -0.15) is 0 Å². The van der Waals surface area contributed by atoms with Gasteiger partial charge in [-0.1, -0.05) is 12.5 Å². The average Bonchev–Trinajstić information content (AvgIpc) is 3.14. The lowest BCUT2D eigenvalue weighted by Crippen LogP contribution is -2.31. The lowest BCUT2D eigenvalue weighted by atomic mass is 10.2. The molecule has 118 valence electrons. The number of amides is 1. The number of methoxy groups -OCH3 is 1. The Morgan fingerprint density at radius 2 is 2.36 bits per heavy atom. The predicted octanol–water partition coefficient (Wildman–Crippen LogP) is 2.18. The summed E-state index contributed by atoms with van der Waals surface area (Å²) in [4.78, 5) is 13.5. The molecule has 0 radical (unpaired) electrons. The molecule has 0 aliphatic carbocycles. The monoisotopic (exact) mass is 320 g/mol. The Balaban J connectivity index is 1.66. The van der Waals surface area contributed by atoms with Gasteiger partial charge in [-0.05, 0) is 24.3 Å². The fourth-order valence-electron chi connectivity index (χ4n) is 2.69. The molecule has 0 spiro atoms. The van der Waals surface area contributed by atoms with Gasteiger partial charge in [0.2, 0.25) is 5.82 Å². The van der Waals surface area contributed by atoms with Gasteiger partial charge in [0.1, 0.15) is 11.9 Å². The molecule has 1 aliphatic rings. The lowest BCUT2D eigenvalue weighted by Gasteiger charge is -2.14. The molecule has 1 N–H and O–H groups in total. The van der Waals surface area contributed by atoms with Crippen molar-refractivity contribution in [2.45, 2.75) is 38.3 Å². The number of aryl methyl sites for hydroxylation is 1. The second-order valence-electron chi connectivity index (χ2n) is 5.35. The molecule has 0 unspecified atom stereocenters. The van der Waals surface area contributed by atoms with Gasteiger partial charge in [0.05, 0.1) is 0 Å². The minimum Gasteiger partial charge on any atom is -0.374 e. The Bertz CT molecular complexity index is 624. The lowest BCUT2D eigenvalue weighted by molar-refractivity contribution is 0.0825. The normalized spacial score (nSPS) is 15.9. The Labute approximate surface area is 133 Å². The average molecular weight is 320 g/mol. The van der Waals surface area contributed by atoms with E-state index in [1.54, 1.807) is 18.4 Å². The molecule has 0 aromatic carbocycles. The number of thiophene rings is 1. The minimum absolute atomic E-state index is 0.129. The molecule has 3 heterocycles. The van der Waals surface area contributed by atoms with Crippen molar-refractivity contribution in [1.82, 2.24) is 20.1 Å². The Morgan fingerprint density at radius 1 is 1.45 bits per heavy atom. The quantitative estimate of drug-likeness (QED) is 0.917. The number of rotatable bonds is 5. The van der Waals surface area contributed by atoms with Gasteiger partial charge in [0.25, 0.3) is 5.91 Å². The SMILES string of the molecule is CO[C@H](CNC(=O)c1nnc2n1CCCCC2)c1cccs1. The zero-order valence-corrected chi connectivity index (χ0v) is 13.4. The van der Waals surface area contributed by atoms with Gasteiger partial charge in [0.15, 0.2) is 0 Å². The fourth-order valence-corrected chi connectivity index (χ4v) is 3.49. The van der Waals surface area contributed by atoms with Crippen molar-refractivity contribution in [3.8, 4) is 0 Å². The first-order chi connectivity index (χ1) is 10.8. The van der Waals surface area contributed by atoms with Crippen molar-refractivity contribution < 1.29 is 9.53 Å². The standard InChI is InChI=1S/C15H20N4O2S/c1-21-11(12-6-5-9-22-12)10-16-15(20)14-18-17-13-7-3-2-4-8-19(13)14/h5-6,9,11H,2-4,7-8,10H2,1H3,(H,16,20)/t11-/m1/s1. The maximum absolute atomic E-state index is 12.4. The molecule has 3 rings (SSSR count). The van der Waals surface area contributed by atoms with E-state index in [1.807, 2.05) is 22.1 Å². The van der Waals surface area contributed by atoms with Crippen LogP contribution in [0.3, 0.4) is 0 Å². The zero-order chi connectivity index (χ0) is 15.4. The molecular formula is C15H20N4O2S. The number of ether oxygens (including phenoxy) is 1. The summed E-state index contributed by atoms with van der Waals surface area (Å²) >= 11 is 1.62. The second kappa shape index (κ2) is 7.02. The Morgan fingerprint density at radius 3 is 3.14 bits per heavy atom. The van der Waals surface area contributed by atoms with E-state index < -0.39 is 0 Å². The number of nitrogens with one attached hydrogen (secondary N) is 1. The van der Waals surface area contributed by atoms with Crippen LogP contribution < -0.4 is 5.32 Å². The van der Waals surface area contributed by atoms with Crippen molar-refractivity contribution in [3.63, 3.8) is 0 Å². The minimum atomic E-state index is -0.181. The molecule has 0 saturated carbocycles. The van der Waals surface area contributed by atoms with Crippen LogP contribution in [0.1, 0.15) is 46.7 Å². The third-order valence-electron chi connectivity index (χ3n) is 3.91. The van der Waals surface area contributed by atoms with Gasteiger partial charge in [-0.25, -0.2) is 0 Å². The highest BCUT2D eigenvalue weighted by molar-refractivity contribution is 7.10. The molecule has 2 aromatic heterocycles. The molecular weight excluding hydrogens is 300 g/mol. The summed E-state index contributed by atoms with van der Waals surface area (Å²) < 4.78 is 7.40. The molecule has 1 aliphatic heterocycles. The molecule has 22 heavy (non-hydrogen) atoms. The Kier molecular flexibility index (Phi) is 4.84. The topological polar surface area (TPSA) is 69.0 Å². The number of nitrogens with zero attached hydrogens (tertiary/aromatic N) is 3. The largest absolute Gasteiger partial charge is 0.374 e. The van der Waals surface area contributed by atoms with E-state index in [1.165, 1.54) is 6.42 Å². The van der Waals surface area contributed by atoms with Crippen molar-refractivity contribution in [3.05, 3.63) is 34.0 Å². The van der Waals surface area contributed by atoms with Gasteiger partial charge >= 0.3 is 0 Å². The molecule has 2 aromatic rings. The first-order valence-corrected chi connectivity index (χ1v) is 8.44. The number of fused-ring (bicyclic) bond motifs is 1. The highest BCUT2D eigenvalue weighted by atomic mass is 32.1. The second-order valence-corrected chi connectivity index (χ2v) is 6.33. The van der Waals surface area contributed by atoms with Crippen LogP contribution in [-0.4, -0.2) is 34.3 Å². The van der Waals surface area contributed by atoms with Gasteiger partial charge in [-0.15, -0.1) is 21.5 Å². The van der Waals surface area contributed by atoms with E-state index >= 15 is 0 Å². The summed E-state index contributed by atoms with van der Waals surface area (Å²) in [6.07, 6.45) is 4.13. The smallest absolute Gasteiger partial charge is 0.289 e. The van der Waals surface area contributed by atoms with Crippen LogP contribution >= 0.6 is 11.3 Å². The summed E-state index contributed by atoms with van der Waals surface area (Å²) in [7, 11) is 1.65. The van der Waals surface area contributed by atoms with E-state index in [0.29, 0.717) is 12.4 Å². The number of hydrogen-bond donors (Lipinski definition) is 1. The number of carbonyl (C=O) groups is 1. The van der Waals surface area contributed by atoms with E-state index in [-0.39, 0.29) is 12.0 Å². The van der Waals surface area contributed by atoms with Crippen molar-refractivity contribution in [1.29, 1.82) is 0 Å². The Hall–Kier alpha value is -1.73. The van der Waals surface area contributed by atoms with Crippen LogP contribution in [0, 0.1) is 0 Å². The molecule has 6 nitrogen and oxygen atoms in total. The van der Waals surface area contributed by atoms with E-state index in [2.05, 4.69) is 15.5 Å². The number of hydrogen-bond acceptors (Lipinski definition) is 5. The third-order valence-corrected chi connectivity index (χ3v) is 4.87. The summed E-state index contributed by atoms with van der Waals surface area (Å²) in [5.41, 5.74) is 0. The first-order valence-electron chi connectivity index (χ1n) is 7.56. The highest BCUT2D eigenvalue weighted by Crippen LogP contribution is 2.21. The maximum Gasteiger partial charge on any atom is 0.289 e. The number of carbonyl (C=O) groups excluding carboxylic acids is 1. The van der Waals surface area contributed by atoms with Crippen LogP contribution in [0.15, 0.2) is 17.5 Å². The van der Waals surface area contributed by atoms with Crippen molar-refractivity contribution in [2.24, 2.45) is 0 Å². The molecule has 1 atom stereocenters. The van der Waals surface area contributed by atoms with Crippen LogP contribution in [-0.2, 0) is 17.7 Å². The van der Waals surface area contributed by atoms with E-state index in [0.717, 1.165) is 36.5 Å². The third kappa shape index (κ3) is 3.20. The molecule has 0 bridgehead atoms. The molecule has 0 saturated heterocycles.